The number of hydrogen-bond donors (Lipinski definition) is 2. The summed E-state index contributed by atoms with van der Waals surface area (Å²) in [4.78, 5) is 27.0. The minimum Gasteiger partial charge on any atom is -0.493 e. The molecule has 2 aromatic rings. The van der Waals surface area contributed by atoms with Gasteiger partial charge in [0.1, 0.15) is 17.1 Å². The van der Waals surface area contributed by atoms with Gasteiger partial charge in [0, 0.05) is 12.1 Å². The summed E-state index contributed by atoms with van der Waals surface area (Å²) >= 11 is 0. The van der Waals surface area contributed by atoms with Crippen molar-refractivity contribution in [1.82, 2.24) is 10.3 Å². The third kappa shape index (κ3) is 4.56. The maximum Gasteiger partial charge on any atom is 0.354 e. The Morgan fingerprint density at radius 1 is 1.24 bits per heavy atom. The number of carboxylic acid groups (broad SMARTS) is 1. The highest BCUT2D eigenvalue weighted by atomic mass is 16.5. The second-order valence-electron chi connectivity index (χ2n) is 6.26. The zero-order valence-corrected chi connectivity index (χ0v) is 14.0. The van der Waals surface area contributed by atoms with Crippen molar-refractivity contribution in [3.8, 4) is 5.75 Å². The number of hydrogen-bond acceptors (Lipinski definition) is 4. The molecule has 1 amide bonds. The van der Waals surface area contributed by atoms with Gasteiger partial charge in [-0.3, -0.25) is 4.79 Å². The number of rotatable bonds is 7. The van der Waals surface area contributed by atoms with Crippen LogP contribution in [0.5, 0.6) is 5.75 Å². The number of aryl methyl sites for hydroxylation is 1. The smallest absolute Gasteiger partial charge is 0.354 e. The van der Waals surface area contributed by atoms with E-state index in [4.69, 9.17) is 9.84 Å². The first-order chi connectivity index (χ1) is 12.0. The van der Waals surface area contributed by atoms with Crippen LogP contribution in [-0.4, -0.2) is 28.6 Å². The number of nitrogens with zero attached hydrogens (tertiary/aromatic N) is 1. The summed E-state index contributed by atoms with van der Waals surface area (Å²) in [7, 11) is 0. The number of aromatic nitrogens is 1. The third-order valence-electron chi connectivity index (χ3n) is 4.03. The van der Waals surface area contributed by atoms with Gasteiger partial charge in [-0.05, 0) is 49.4 Å². The molecular weight excluding hydrogens is 320 g/mol. The summed E-state index contributed by atoms with van der Waals surface area (Å²) in [6, 6.07) is 10.2. The topological polar surface area (TPSA) is 88.5 Å². The molecule has 0 unspecified atom stereocenters. The summed E-state index contributed by atoms with van der Waals surface area (Å²) in [5.74, 6) is -0.161. The van der Waals surface area contributed by atoms with Gasteiger partial charge in [-0.2, -0.15) is 0 Å². The molecular formula is C19H20N2O4. The maximum absolute atomic E-state index is 12.2. The molecule has 6 nitrogen and oxygen atoms in total. The number of pyridine rings is 1. The van der Waals surface area contributed by atoms with Gasteiger partial charge in [-0.15, -0.1) is 0 Å². The number of carbonyl (C=O) groups is 2. The lowest BCUT2D eigenvalue weighted by Crippen LogP contribution is -2.24. The van der Waals surface area contributed by atoms with Crippen molar-refractivity contribution in [1.29, 1.82) is 0 Å². The number of nitrogens with one attached hydrogen (secondary N) is 1. The van der Waals surface area contributed by atoms with Gasteiger partial charge in [0.15, 0.2) is 0 Å². The average Bonchev–Trinajstić information content (AvgIpc) is 3.43. The third-order valence-corrected chi connectivity index (χ3v) is 4.03. The van der Waals surface area contributed by atoms with Gasteiger partial charge < -0.3 is 15.2 Å². The molecule has 3 rings (SSSR count). The summed E-state index contributed by atoms with van der Waals surface area (Å²) in [6.07, 6.45) is 2.42. The van der Waals surface area contributed by atoms with Crippen LogP contribution in [0.4, 0.5) is 0 Å². The Morgan fingerprint density at radius 3 is 2.72 bits per heavy atom. The number of amides is 1. The standard InChI is InChI=1S/C19H20N2O4/c1-12-5-8-14(17(9-12)25-11-13-6-7-13)10-20-18(22)15-3-2-4-16(21-15)19(23)24/h2-5,8-9,13H,6-7,10-11H2,1H3,(H,20,22)(H,23,24). The van der Waals surface area contributed by atoms with Gasteiger partial charge in [0.25, 0.3) is 5.91 Å². The molecule has 25 heavy (non-hydrogen) atoms. The Morgan fingerprint density at radius 2 is 2.00 bits per heavy atom. The monoisotopic (exact) mass is 340 g/mol. The number of benzene rings is 1. The van der Waals surface area contributed by atoms with Crippen LogP contribution in [0.3, 0.4) is 0 Å². The molecule has 2 N–H and O–H groups in total. The van der Waals surface area contributed by atoms with Crippen LogP contribution >= 0.6 is 0 Å². The second kappa shape index (κ2) is 7.34. The van der Waals surface area contributed by atoms with Crippen LogP contribution < -0.4 is 10.1 Å². The summed E-state index contributed by atoms with van der Waals surface area (Å²) in [5.41, 5.74) is 1.90. The number of carbonyl (C=O) groups excluding carboxylic acids is 1. The van der Waals surface area contributed by atoms with Gasteiger partial charge >= 0.3 is 5.97 Å². The Balaban J connectivity index is 1.67. The minimum absolute atomic E-state index is 0.0764. The molecule has 1 aromatic carbocycles. The first kappa shape index (κ1) is 17.0. The van der Waals surface area contributed by atoms with Crippen molar-refractivity contribution in [2.75, 3.05) is 6.61 Å². The zero-order chi connectivity index (χ0) is 17.8. The molecule has 0 spiro atoms. The fourth-order valence-electron chi connectivity index (χ4n) is 2.38. The van der Waals surface area contributed by atoms with Crippen LogP contribution in [0.2, 0.25) is 0 Å². The van der Waals surface area contributed by atoms with Gasteiger partial charge in [-0.1, -0.05) is 18.2 Å². The maximum atomic E-state index is 12.2. The molecule has 0 aliphatic heterocycles. The van der Waals surface area contributed by atoms with E-state index in [0.29, 0.717) is 12.5 Å². The first-order valence-corrected chi connectivity index (χ1v) is 8.24. The summed E-state index contributed by atoms with van der Waals surface area (Å²) in [6.45, 7) is 2.98. The second-order valence-corrected chi connectivity index (χ2v) is 6.26. The van der Waals surface area contributed by atoms with Gasteiger partial charge in [-0.25, -0.2) is 9.78 Å². The Kier molecular flexibility index (Phi) is 4.97. The average molecular weight is 340 g/mol. The molecule has 1 heterocycles. The van der Waals surface area contributed by atoms with Gasteiger partial charge in [0.05, 0.1) is 6.61 Å². The number of aromatic carboxylic acids is 1. The lowest BCUT2D eigenvalue weighted by atomic mass is 10.1. The molecule has 1 aliphatic carbocycles. The van der Waals surface area contributed by atoms with Crippen LogP contribution in [0.25, 0.3) is 0 Å². The molecule has 6 heteroatoms. The van der Waals surface area contributed by atoms with E-state index < -0.39 is 11.9 Å². The molecule has 1 fully saturated rings. The van der Waals surface area contributed by atoms with Crippen LogP contribution in [-0.2, 0) is 6.54 Å². The SMILES string of the molecule is Cc1ccc(CNC(=O)c2cccc(C(=O)O)n2)c(OCC2CC2)c1. The minimum atomic E-state index is -1.16. The molecule has 0 radical (unpaired) electrons. The molecule has 1 aromatic heterocycles. The predicted octanol–water partition coefficient (Wildman–Crippen LogP) is 2.81. The van der Waals surface area contributed by atoms with Crippen LogP contribution in [0.1, 0.15) is 44.9 Å². The van der Waals surface area contributed by atoms with Crippen molar-refractivity contribution >= 4 is 11.9 Å². The van der Waals surface area contributed by atoms with E-state index in [1.54, 1.807) is 0 Å². The lowest BCUT2D eigenvalue weighted by Gasteiger charge is -2.13. The molecule has 0 atom stereocenters. The zero-order valence-electron chi connectivity index (χ0n) is 14.0. The van der Waals surface area contributed by atoms with Crippen molar-refractivity contribution in [3.63, 3.8) is 0 Å². The normalized spacial score (nSPS) is 13.3. The number of ether oxygens (including phenoxy) is 1. The molecule has 1 aliphatic rings. The van der Waals surface area contributed by atoms with E-state index >= 15 is 0 Å². The quantitative estimate of drug-likeness (QED) is 0.809. The highest BCUT2D eigenvalue weighted by molar-refractivity contribution is 5.94. The predicted molar refractivity (Wildman–Crippen MR) is 91.8 cm³/mol. The highest BCUT2D eigenvalue weighted by Gasteiger charge is 2.22. The largest absolute Gasteiger partial charge is 0.493 e. The van der Waals surface area contributed by atoms with Gasteiger partial charge in [0.2, 0.25) is 0 Å². The van der Waals surface area contributed by atoms with E-state index in [1.165, 1.54) is 31.0 Å². The van der Waals surface area contributed by atoms with Crippen molar-refractivity contribution in [2.45, 2.75) is 26.3 Å². The van der Waals surface area contributed by atoms with E-state index in [1.807, 2.05) is 25.1 Å². The van der Waals surface area contributed by atoms with E-state index in [9.17, 15) is 9.59 Å². The Labute approximate surface area is 145 Å². The summed E-state index contributed by atoms with van der Waals surface area (Å²) < 4.78 is 5.89. The lowest BCUT2D eigenvalue weighted by molar-refractivity contribution is 0.0690. The Hall–Kier alpha value is -2.89. The fraction of sp³-hybridized carbons (Fsp3) is 0.316. The van der Waals surface area contributed by atoms with Crippen LogP contribution in [0.15, 0.2) is 36.4 Å². The van der Waals surface area contributed by atoms with E-state index in [2.05, 4.69) is 10.3 Å². The van der Waals surface area contributed by atoms with Crippen molar-refractivity contribution < 1.29 is 19.4 Å². The highest BCUT2D eigenvalue weighted by Crippen LogP contribution is 2.30. The van der Waals surface area contributed by atoms with Crippen molar-refractivity contribution in [3.05, 3.63) is 58.9 Å². The fourth-order valence-corrected chi connectivity index (χ4v) is 2.38. The van der Waals surface area contributed by atoms with Crippen LogP contribution in [0, 0.1) is 12.8 Å². The first-order valence-electron chi connectivity index (χ1n) is 8.24. The number of carboxylic acids is 1. The Bertz CT molecular complexity index is 800. The molecule has 130 valence electrons. The van der Waals surface area contributed by atoms with E-state index in [0.717, 1.165) is 16.9 Å². The molecule has 0 saturated heterocycles. The molecule has 1 saturated carbocycles. The summed E-state index contributed by atoms with van der Waals surface area (Å²) in [5, 5.41) is 11.7. The molecule has 0 bridgehead atoms. The van der Waals surface area contributed by atoms with E-state index in [-0.39, 0.29) is 17.9 Å². The van der Waals surface area contributed by atoms with Crippen molar-refractivity contribution in [2.24, 2.45) is 5.92 Å².